The number of nitrogens with one attached hydrogen (secondary N) is 4. The molecule has 6 heteroatoms. The van der Waals surface area contributed by atoms with E-state index in [9.17, 15) is 0 Å². The molecular weight excluding hydrogens is 384 g/mol. The molecule has 0 unspecified atom stereocenters. The van der Waals surface area contributed by atoms with Gasteiger partial charge in [-0.1, -0.05) is 36.4 Å². The van der Waals surface area contributed by atoms with Crippen molar-refractivity contribution in [1.29, 1.82) is 0 Å². The monoisotopic (exact) mass is 412 g/mol. The van der Waals surface area contributed by atoms with E-state index in [-0.39, 0.29) is 0 Å². The van der Waals surface area contributed by atoms with Crippen LogP contribution in [0.5, 0.6) is 0 Å². The molecule has 0 bridgehead atoms. The van der Waals surface area contributed by atoms with Crippen molar-refractivity contribution in [3.05, 3.63) is 59.7 Å². The van der Waals surface area contributed by atoms with Crippen molar-refractivity contribution in [3.8, 4) is 0 Å². The van der Waals surface area contributed by atoms with Gasteiger partial charge in [-0.25, -0.2) is 0 Å². The lowest BCUT2D eigenvalue weighted by molar-refractivity contribution is 0.739. The molecule has 0 amide bonds. The van der Waals surface area contributed by atoms with Crippen molar-refractivity contribution in [1.82, 2.24) is 10.6 Å². The largest absolute Gasteiger partial charge is 0.360 e. The molecule has 2 aromatic rings. The average Bonchev–Trinajstić information content (AvgIpc) is 2.61. The van der Waals surface area contributed by atoms with Crippen molar-refractivity contribution < 1.29 is 0 Å². The molecule has 0 aliphatic heterocycles. The van der Waals surface area contributed by atoms with Gasteiger partial charge in [-0.15, -0.1) is 0 Å². The lowest BCUT2D eigenvalue weighted by Crippen LogP contribution is -2.33. The van der Waals surface area contributed by atoms with Crippen LogP contribution in [0.1, 0.15) is 38.8 Å². The van der Waals surface area contributed by atoms with E-state index >= 15 is 0 Å². The van der Waals surface area contributed by atoms with Crippen LogP contribution in [0.3, 0.4) is 0 Å². The first-order valence-corrected chi connectivity index (χ1v) is 10.2. The summed E-state index contributed by atoms with van der Waals surface area (Å²) in [7, 11) is 0. The molecular formula is C22H28N4S2. The second-order valence-electron chi connectivity index (χ2n) is 7.08. The molecule has 0 radical (unpaired) electrons. The summed E-state index contributed by atoms with van der Waals surface area (Å²) in [6.07, 6.45) is 4.17. The summed E-state index contributed by atoms with van der Waals surface area (Å²) in [5.74, 6) is 0. The number of hydrogen-bond donors (Lipinski definition) is 4. The summed E-state index contributed by atoms with van der Waals surface area (Å²) in [6.45, 7) is 8.23. The zero-order chi connectivity index (χ0) is 20.5. The van der Waals surface area contributed by atoms with Crippen LogP contribution in [-0.4, -0.2) is 22.3 Å². The molecule has 2 rings (SSSR count). The highest BCUT2D eigenvalue weighted by atomic mass is 32.1. The first-order chi connectivity index (χ1) is 13.3. The number of thiocarbonyl (C=S) groups is 2. The van der Waals surface area contributed by atoms with Gasteiger partial charge in [0.1, 0.15) is 0 Å². The van der Waals surface area contributed by atoms with E-state index in [1.165, 1.54) is 0 Å². The number of anilines is 2. The molecule has 0 heterocycles. The van der Waals surface area contributed by atoms with Crippen molar-refractivity contribution in [2.75, 3.05) is 10.6 Å². The topological polar surface area (TPSA) is 48.1 Å². The third-order valence-electron chi connectivity index (χ3n) is 3.64. The van der Waals surface area contributed by atoms with Gasteiger partial charge in [-0.2, -0.15) is 0 Å². The van der Waals surface area contributed by atoms with Crippen molar-refractivity contribution in [3.63, 3.8) is 0 Å². The highest BCUT2D eigenvalue weighted by Gasteiger charge is 2.00. The molecule has 0 saturated carbocycles. The fraction of sp³-hybridized carbons (Fsp3) is 0.273. The first kappa shape index (κ1) is 21.9. The number of benzene rings is 2. The van der Waals surface area contributed by atoms with E-state index in [0.717, 1.165) is 22.5 Å². The van der Waals surface area contributed by atoms with Gasteiger partial charge in [0.2, 0.25) is 0 Å². The minimum Gasteiger partial charge on any atom is -0.360 e. The summed E-state index contributed by atoms with van der Waals surface area (Å²) in [5, 5.41) is 14.0. The Morgan fingerprint density at radius 2 is 0.964 bits per heavy atom. The molecule has 148 valence electrons. The van der Waals surface area contributed by atoms with Gasteiger partial charge in [0.25, 0.3) is 0 Å². The van der Waals surface area contributed by atoms with E-state index in [2.05, 4.69) is 85.4 Å². The minimum atomic E-state index is 0.311. The smallest absolute Gasteiger partial charge is 0.170 e. The van der Waals surface area contributed by atoms with E-state index in [1.54, 1.807) is 0 Å². The summed E-state index contributed by atoms with van der Waals surface area (Å²) in [4.78, 5) is 0. The Kier molecular flexibility index (Phi) is 8.42. The van der Waals surface area contributed by atoms with E-state index in [0.29, 0.717) is 22.3 Å². The predicted molar refractivity (Wildman–Crippen MR) is 131 cm³/mol. The Morgan fingerprint density at radius 3 is 1.25 bits per heavy atom. The van der Waals surface area contributed by atoms with Gasteiger partial charge in [-0.05, 0) is 87.5 Å². The molecule has 0 fully saturated rings. The Labute approximate surface area is 178 Å². The van der Waals surface area contributed by atoms with Crippen LogP contribution in [0.25, 0.3) is 12.2 Å². The predicted octanol–water partition coefficient (Wildman–Crippen LogP) is 5.25. The Bertz CT molecular complexity index is 740. The molecule has 0 spiro atoms. The zero-order valence-electron chi connectivity index (χ0n) is 16.7. The molecule has 4 nitrogen and oxygen atoms in total. The number of rotatable bonds is 6. The Hall–Kier alpha value is -2.44. The second kappa shape index (κ2) is 10.8. The lowest BCUT2D eigenvalue weighted by atomic mass is 10.1. The maximum absolute atomic E-state index is 5.26. The fourth-order valence-electron chi connectivity index (χ4n) is 2.41. The van der Waals surface area contributed by atoms with Crippen LogP contribution in [0.2, 0.25) is 0 Å². The zero-order valence-corrected chi connectivity index (χ0v) is 18.4. The first-order valence-electron chi connectivity index (χ1n) is 9.35. The molecule has 2 aromatic carbocycles. The summed E-state index contributed by atoms with van der Waals surface area (Å²) in [6, 6.07) is 16.9. The average molecular weight is 413 g/mol. The van der Waals surface area contributed by atoms with Crippen molar-refractivity contribution in [2.24, 2.45) is 0 Å². The normalized spacial score (nSPS) is 10.9. The van der Waals surface area contributed by atoms with E-state index < -0.39 is 0 Å². The summed E-state index contributed by atoms with van der Waals surface area (Å²) in [5.41, 5.74) is 4.18. The molecule has 0 saturated heterocycles. The standard InChI is InChI=1S/C22H28N4S2/c1-15(2)23-21(27)25-19-11-7-17(8-12-19)5-6-18-9-13-20(14-10-18)26-22(28)24-16(3)4/h5-16H,1-4H3,(H2,23,25,27)(H2,24,26,28)/b6-5+. The van der Waals surface area contributed by atoms with Gasteiger partial charge < -0.3 is 21.3 Å². The molecule has 0 aromatic heterocycles. The second-order valence-corrected chi connectivity index (χ2v) is 7.90. The highest BCUT2D eigenvalue weighted by molar-refractivity contribution is 7.80. The maximum Gasteiger partial charge on any atom is 0.170 e. The highest BCUT2D eigenvalue weighted by Crippen LogP contribution is 2.15. The summed E-state index contributed by atoms with van der Waals surface area (Å²) < 4.78 is 0. The maximum atomic E-state index is 5.26. The Morgan fingerprint density at radius 1 is 0.643 bits per heavy atom. The van der Waals surface area contributed by atoms with Crippen LogP contribution in [0, 0.1) is 0 Å². The van der Waals surface area contributed by atoms with Crippen LogP contribution >= 0.6 is 24.4 Å². The Balaban J connectivity index is 1.91. The van der Waals surface area contributed by atoms with Crippen LogP contribution in [-0.2, 0) is 0 Å². The van der Waals surface area contributed by atoms with E-state index in [1.807, 2.05) is 24.3 Å². The van der Waals surface area contributed by atoms with Gasteiger partial charge >= 0.3 is 0 Å². The van der Waals surface area contributed by atoms with Gasteiger partial charge in [-0.3, -0.25) is 0 Å². The molecule has 0 aliphatic rings. The van der Waals surface area contributed by atoms with Gasteiger partial charge in [0.05, 0.1) is 0 Å². The molecule has 0 aliphatic carbocycles. The van der Waals surface area contributed by atoms with Crippen LogP contribution in [0.4, 0.5) is 11.4 Å². The minimum absolute atomic E-state index is 0.311. The van der Waals surface area contributed by atoms with Crippen molar-refractivity contribution in [2.45, 2.75) is 39.8 Å². The molecule has 0 atom stereocenters. The summed E-state index contributed by atoms with van der Waals surface area (Å²) >= 11 is 10.5. The van der Waals surface area contributed by atoms with Gasteiger partial charge in [0.15, 0.2) is 10.2 Å². The number of hydrogen-bond acceptors (Lipinski definition) is 2. The molecule has 4 N–H and O–H groups in total. The van der Waals surface area contributed by atoms with Gasteiger partial charge in [0, 0.05) is 23.5 Å². The fourth-order valence-corrected chi connectivity index (χ4v) is 3.11. The SMILES string of the molecule is CC(C)NC(=S)Nc1ccc(/C=C/c2ccc(NC(=S)NC(C)C)cc2)cc1. The van der Waals surface area contributed by atoms with Crippen LogP contribution < -0.4 is 21.3 Å². The van der Waals surface area contributed by atoms with E-state index in [4.69, 9.17) is 24.4 Å². The quantitative estimate of drug-likeness (QED) is 0.384. The van der Waals surface area contributed by atoms with Crippen LogP contribution in [0.15, 0.2) is 48.5 Å². The third-order valence-corrected chi connectivity index (χ3v) is 4.08. The molecule has 28 heavy (non-hydrogen) atoms. The third kappa shape index (κ3) is 8.06. The lowest BCUT2D eigenvalue weighted by Gasteiger charge is -2.13. The van der Waals surface area contributed by atoms with Crippen molar-refractivity contribution >= 4 is 58.2 Å².